The Hall–Kier alpha value is -2.80. The van der Waals surface area contributed by atoms with Crippen LogP contribution < -0.4 is 15.4 Å². The molecule has 2 aromatic rings. The van der Waals surface area contributed by atoms with E-state index < -0.39 is 0 Å². The van der Waals surface area contributed by atoms with Crippen molar-refractivity contribution < 1.29 is 19.1 Å². The fourth-order valence-electron chi connectivity index (χ4n) is 2.50. The van der Waals surface area contributed by atoms with E-state index >= 15 is 0 Å². The summed E-state index contributed by atoms with van der Waals surface area (Å²) in [6.45, 7) is 1.91. The van der Waals surface area contributed by atoms with Crippen LogP contribution in [-0.2, 0) is 14.3 Å². The quantitative estimate of drug-likeness (QED) is 0.771. The van der Waals surface area contributed by atoms with Gasteiger partial charge in [0.15, 0.2) is 0 Å². The van der Waals surface area contributed by atoms with Gasteiger partial charge in [0.2, 0.25) is 11.8 Å². The average molecular weight is 345 g/mol. The summed E-state index contributed by atoms with van der Waals surface area (Å²) >= 11 is 0. The van der Waals surface area contributed by atoms with Crippen molar-refractivity contribution in [3.05, 3.63) is 42.7 Å². The predicted molar refractivity (Wildman–Crippen MR) is 95.9 cm³/mol. The Morgan fingerprint density at radius 2 is 1.88 bits per heavy atom. The maximum absolute atomic E-state index is 12.5. The van der Waals surface area contributed by atoms with Crippen LogP contribution in [0.4, 0.5) is 11.4 Å². The van der Waals surface area contributed by atoms with E-state index in [-0.39, 0.29) is 24.5 Å². The van der Waals surface area contributed by atoms with E-state index in [0.29, 0.717) is 23.5 Å². The summed E-state index contributed by atoms with van der Waals surface area (Å²) in [7, 11) is 2.95. The number of aromatic nitrogens is 1. The molecule has 0 bridgehead atoms. The van der Waals surface area contributed by atoms with Gasteiger partial charge in [-0.15, -0.1) is 0 Å². The maximum atomic E-state index is 12.5. The van der Waals surface area contributed by atoms with Crippen molar-refractivity contribution in [1.29, 1.82) is 0 Å². The van der Waals surface area contributed by atoms with Gasteiger partial charge in [0, 0.05) is 31.3 Å². The Morgan fingerprint density at radius 3 is 2.48 bits per heavy atom. The number of anilines is 2. The van der Waals surface area contributed by atoms with Gasteiger partial charge in [-0.1, -0.05) is 6.92 Å². The van der Waals surface area contributed by atoms with Crippen molar-refractivity contribution in [2.24, 2.45) is 0 Å². The first-order valence-electron chi connectivity index (χ1n) is 7.99. The molecule has 0 radical (unpaired) electrons. The van der Waals surface area contributed by atoms with Gasteiger partial charge < -0.3 is 24.7 Å². The molecule has 0 saturated carbocycles. The topological polar surface area (TPSA) is 81.6 Å². The molecule has 1 unspecified atom stereocenters. The first kappa shape index (κ1) is 18.5. The van der Waals surface area contributed by atoms with Crippen LogP contribution in [0, 0.1) is 0 Å². The molecule has 134 valence electrons. The van der Waals surface area contributed by atoms with Crippen molar-refractivity contribution in [2.75, 3.05) is 31.5 Å². The summed E-state index contributed by atoms with van der Waals surface area (Å²) < 4.78 is 11.9. The highest BCUT2D eigenvalue weighted by Crippen LogP contribution is 2.28. The number of nitrogens with zero attached hydrogens (tertiary/aromatic N) is 1. The second kappa shape index (κ2) is 8.89. The van der Waals surface area contributed by atoms with Crippen molar-refractivity contribution in [3.63, 3.8) is 0 Å². The van der Waals surface area contributed by atoms with E-state index in [1.807, 2.05) is 36.0 Å². The van der Waals surface area contributed by atoms with Crippen LogP contribution in [0.25, 0.3) is 0 Å². The first-order chi connectivity index (χ1) is 12.1. The molecule has 0 aliphatic heterocycles. The molecule has 0 aliphatic rings. The largest absolute Gasteiger partial charge is 0.494 e. The molecule has 7 nitrogen and oxygen atoms in total. The number of rotatable bonds is 8. The van der Waals surface area contributed by atoms with Crippen LogP contribution >= 0.6 is 0 Å². The molecule has 0 spiro atoms. The fraction of sp³-hybridized carbons (Fsp3) is 0.333. The van der Waals surface area contributed by atoms with Gasteiger partial charge in [-0.05, 0) is 30.7 Å². The Balaban J connectivity index is 2.12. The number of ether oxygens (including phenoxy) is 2. The van der Waals surface area contributed by atoms with Gasteiger partial charge >= 0.3 is 0 Å². The lowest BCUT2D eigenvalue weighted by molar-refractivity contribution is -0.120. The lowest BCUT2D eigenvalue weighted by atomic mass is 10.2. The minimum Gasteiger partial charge on any atom is -0.494 e. The molecule has 7 heteroatoms. The summed E-state index contributed by atoms with van der Waals surface area (Å²) in [5, 5.41) is 5.58. The van der Waals surface area contributed by atoms with Gasteiger partial charge in [0.1, 0.15) is 18.4 Å². The fourth-order valence-corrected chi connectivity index (χ4v) is 2.50. The number of carbonyl (C=O) groups is 2. The van der Waals surface area contributed by atoms with E-state index in [1.54, 1.807) is 18.2 Å². The SMILES string of the molecule is CCC(C(=O)Nc1ccc(NC(=O)COC)c(OC)c1)n1cccc1. The number of carbonyl (C=O) groups excluding carboxylic acids is 2. The number of hydrogen-bond donors (Lipinski definition) is 2. The zero-order valence-electron chi connectivity index (χ0n) is 14.6. The zero-order valence-corrected chi connectivity index (χ0v) is 14.6. The Kier molecular flexibility index (Phi) is 6.59. The van der Waals surface area contributed by atoms with Crippen LogP contribution in [0.1, 0.15) is 19.4 Å². The molecule has 25 heavy (non-hydrogen) atoms. The number of hydrogen-bond acceptors (Lipinski definition) is 4. The Bertz CT molecular complexity index is 713. The number of benzene rings is 1. The molecule has 1 aromatic carbocycles. The second-order valence-corrected chi connectivity index (χ2v) is 5.44. The van der Waals surface area contributed by atoms with Gasteiger partial charge in [0.05, 0.1) is 12.8 Å². The molecule has 0 aliphatic carbocycles. The van der Waals surface area contributed by atoms with E-state index in [2.05, 4.69) is 10.6 Å². The van der Waals surface area contributed by atoms with Crippen molar-refractivity contribution in [2.45, 2.75) is 19.4 Å². The lowest BCUT2D eigenvalue weighted by Gasteiger charge is -2.18. The predicted octanol–water partition coefficient (Wildman–Crippen LogP) is 2.67. The monoisotopic (exact) mass is 345 g/mol. The summed E-state index contributed by atoms with van der Waals surface area (Å²) in [5.41, 5.74) is 1.11. The number of amides is 2. The molecule has 0 fully saturated rings. The molecule has 1 heterocycles. The van der Waals surface area contributed by atoms with Crippen LogP contribution in [0.3, 0.4) is 0 Å². The maximum Gasteiger partial charge on any atom is 0.250 e. The minimum atomic E-state index is -0.290. The van der Waals surface area contributed by atoms with Gasteiger partial charge in [-0.25, -0.2) is 0 Å². The summed E-state index contributed by atoms with van der Waals surface area (Å²) in [6, 6.07) is 8.54. The third kappa shape index (κ3) is 4.84. The highest BCUT2D eigenvalue weighted by molar-refractivity contribution is 5.96. The van der Waals surface area contributed by atoms with Crippen molar-refractivity contribution in [1.82, 2.24) is 4.57 Å². The molecule has 0 saturated heterocycles. The van der Waals surface area contributed by atoms with Crippen molar-refractivity contribution >= 4 is 23.2 Å². The average Bonchev–Trinajstić information content (AvgIpc) is 3.11. The molecular weight excluding hydrogens is 322 g/mol. The van der Waals surface area contributed by atoms with Gasteiger partial charge in [-0.2, -0.15) is 0 Å². The van der Waals surface area contributed by atoms with E-state index in [0.717, 1.165) is 0 Å². The van der Waals surface area contributed by atoms with Crippen LogP contribution in [0.15, 0.2) is 42.7 Å². The number of methoxy groups -OCH3 is 2. The zero-order chi connectivity index (χ0) is 18.2. The molecular formula is C18H23N3O4. The molecule has 2 N–H and O–H groups in total. The smallest absolute Gasteiger partial charge is 0.250 e. The van der Waals surface area contributed by atoms with Crippen LogP contribution in [0.2, 0.25) is 0 Å². The summed E-state index contributed by atoms with van der Waals surface area (Å²) in [6.07, 6.45) is 4.40. The van der Waals surface area contributed by atoms with Crippen LogP contribution in [0.5, 0.6) is 5.75 Å². The van der Waals surface area contributed by atoms with E-state index in [1.165, 1.54) is 14.2 Å². The third-order valence-electron chi connectivity index (χ3n) is 3.70. The molecule has 1 aromatic heterocycles. The standard InChI is InChI=1S/C18H23N3O4/c1-4-15(21-9-5-6-10-21)18(23)19-13-7-8-14(16(11-13)25-3)20-17(22)12-24-2/h5-11,15H,4,12H2,1-3H3,(H,19,23)(H,20,22). The minimum absolute atomic E-state index is 0.0449. The molecule has 2 rings (SSSR count). The van der Waals surface area contributed by atoms with E-state index in [9.17, 15) is 9.59 Å². The summed E-state index contributed by atoms with van der Waals surface area (Å²) in [5.74, 6) is 0.0597. The number of nitrogens with one attached hydrogen (secondary N) is 2. The van der Waals surface area contributed by atoms with Crippen LogP contribution in [-0.4, -0.2) is 37.2 Å². The van der Waals surface area contributed by atoms with E-state index in [4.69, 9.17) is 9.47 Å². The molecule has 1 atom stereocenters. The highest BCUT2D eigenvalue weighted by Gasteiger charge is 2.18. The third-order valence-corrected chi connectivity index (χ3v) is 3.70. The normalized spacial score (nSPS) is 11.6. The summed E-state index contributed by atoms with van der Waals surface area (Å²) in [4.78, 5) is 24.2. The Morgan fingerprint density at radius 1 is 1.16 bits per heavy atom. The highest BCUT2D eigenvalue weighted by atomic mass is 16.5. The van der Waals surface area contributed by atoms with Gasteiger partial charge in [0.25, 0.3) is 0 Å². The second-order valence-electron chi connectivity index (χ2n) is 5.44. The molecule has 2 amide bonds. The van der Waals surface area contributed by atoms with Crippen molar-refractivity contribution in [3.8, 4) is 5.75 Å². The first-order valence-corrected chi connectivity index (χ1v) is 7.99. The Labute approximate surface area is 146 Å². The van der Waals surface area contributed by atoms with Gasteiger partial charge in [-0.3, -0.25) is 9.59 Å². The lowest BCUT2D eigenvalue weighted by Crippen LogP contribution is -2.24.